The van der Waals surface area contributed by atoms with Gasteiger partial charge in [0.15, 0.2) is 0 Å². The Morgan fingerprint density at radius 1 is 1.36 bits per heavy atom. The molecule has 0 atom stereocenters. The topological polar surface area (TPSA) is 78.4 Å². The molecule has 3 N–H and O–H groups in total. The second kappa shape index (κ2) is 8.43. The largest absolute Gasteiger partial charge is 0.481 e. The first kappa shape index (κ1) is 18.8. The van der Waals surface area contributed by atoms with E-state index in [-0.39, 0.29) is 12.5 Å². The van der Waals surface area contributed by atoms with Gasteiger partial charge in [0, 0.05) is 21.3 Å². The van der Waals surface area contributed by atoms with Gasteiger partial charge in [-0.05, 0) is 54.1 Å². The first-order valence-corrected chi connectivity index (χ1v) is 8.75. The highest BCUT2D eigenvalue weighted by molar-refractivity contribution is 9.10. The summed E-state index contributed by atoms with van der Waals surface area (Å²) in [6.45, 7) is 5.65. The molecule has 0 aliphatic rings. The zero-order valence-electron chi connectivity index (χ0n) is 12.9. The molecule has 0 aliphatic heterocycles. The van der Waals surface area contributed by atoms with Crippen LogP contribution in [0.3, 0.4) is 0 Å². The van der Waals surface area contributed by atoms with Gasteiger partial charge in [0.05, 0.1) is 5.69 Å². The number of benzene rings is 1. The monoisotopic (exact) mass is 388 g/mol. The Bertz CT molecular complexity index is 550. The van der Waals surface area contributed by atoms with Gasteiger partial charge in [-0.2, -0.15) is 0 Å². The molecule has 0 saturated heterocycles. The highest BCUT2D eigenvalue weighted by Crippen LogP contribution is 2.33. The third kappa shape index (κ3) is 6.27. The number of amides is 2. The van der Waals surface area contributed by atoms with Gasteiger partial charge in [-0.15, -0.1) is 11.8 Å². The Balaban J connectivity index is 2.74. The molecule has 5 nitrogen and oxygen atoms in total. The van der Waals surface area contributed by atoms with Gasteiger partial charge in [0.1, 0.15) is 0 Å². The molecule has 0 aliphatic carbocycles. The lowest BCUT2D eigenvalue weighted by Gasteiger charge is -2.26. The summed E-state index contributed by atoms with van der Waals surface area (Å²) < 4.78 is 0.810. The van der Waals surface area contributed by atoms with Crippen LogP contribution in [0.2, 0.25) is 0 Å². The third-order valence-corrected chi connectivity index (χ3v) is 4.53. The van der Waals surface area contributed by atoms with Gasteiger partial charge >= 0.3 is 12.0 Å². The van der Waals surface area contributed by atoms with E-state index < -0.39 is 11.5 Å². The van der Waals surface area contributed by atoms with Crippen LogP contribution >= 0.6 is 27.7 Å². The molecule has 0 saturated carbocycles. The number of hydrogen-bond acceptors (Lipinski definition) is 3. The second-order valence-electron chi connectivity index (χ2n) is 5.40. The maximum absolute atomic E-state index is 12.2. The molecule has 1 aromatic carbocycles. The number of nitrogens with one attached hydrogen (secondary N) is 2. The Kier molecular flexibility index (Phi) is 7.22. The first-order valence-electron chi connectivity index (χ1n) is 6.97. The predicted molar refractivity (Wildman–Crippen MR) is 93.6 cm³/mol. The molecule has 122 valence electrons. The van der Waals surface area contributed by atoms with Crippen LogP contribution < -0.4 is 10.6 Å². The number of carboxylic acids is 1. The SMILES string of the molecule is CCSc1cccc(Br)c1NC(=O)NC(C)(C)CCC(=O)O. The average molecular weight is 389 g/mol. The summed E-state index contributed by atoms with van der Waals surface area (Å²) in [5.74, 6) is 0.0272. The molecule has 1 aromatic rings. The van der Waals surface area contributed by atoms with E-state index in [1.54, 1.807) is 25.6 Å². The molecule has 0 aromatic heterocycles. The van der Waals surface area contributed by atoms with Crippen LogP contribution in [-0.2, 0) is 4.79 Å². The van der Waals surface area contributed by atoms with E-state index >= 15 is 0 Å². The van der Waals surface area contributed by atoms with Crippen molar-refractivity contribution >= 4 is 45.4 Å². The van der Waals surface area contributed by atoms with Crippen molar-refractivity contribution < 1.29 is 14.7 Å². The standard InChI is InChI=1S/C15H21BrN2O3S/c1-4-22-11-7-5-6-10(16)13(11)17-14(21)18-15(2,3)9-8-12(19)20/h5-7H,4,8-9H2,1-3H3,(H,19,20)(H2,17,18,21). The Labute approximate surface area is 143 Å². The number of thioether (sulfide) groups is 1. The number of rotatable bonds is 7. The minimum Gasteiger partial charge on any atom is -0.481 e. The summed E-state index contributed by atoms with van der Waals surface area (Å²) in [7, 11) is 0. The van der Waals surface area contributed by atoms with E-state index in [1.807, 2.05) is 25.1 Å². The van der Waals surface area contributed by atoms with E-state index in [0.29, 0.717) is 6.42 Å². The molecule has 0 unspecified atom stereocenters. The number of hydrogen-bond donors (Lipinski definition) is 3. The van der Waals surface area contributed by atoms with Crippen molar-refractivity contribution in [2.24, 2.45) is 0 Å². The number of aliphatic carboxylic acids is 1. The van der Waals surface area contributed by atoms with E-state index in [2.05, 4.69) is 26.6 Å². The van der Waals surface area contributed by atoms with Gasteiger partial charge in [0.25, 0.3) is 0 Å². The van der Waals surface area contributed by atoms with Crippen LogP contribution in [0.15, 0.2) is 27.6 Å². The van der Waals surface area contributed by atoms with Crippen molar-refractivity contribution in [1.82, 2.24) is 5.32 Å². The fraction of sp³-hybridized carbons (Fsp3) is 0.467. The van der Waals surface area contributed by atoms with Gasteiger partial charge in [-0.25, -0.2) is 4.79 Å². The first-order chi connectivity index (χ1) is 10.2. The summed E-state index contributed by atoms with van der Waals surface area (Å²) in [6.07, 6.45) is 0.377. The molecule has 0 bridgehead atoms. The minimum atomic E-state index is -0.872. The van der Waals surface area contributed by atoms with Gasteiger partial charge < -0.3 is 15.7 Å². The molecule has 0 fully saturated rings. The average Bonchev–Trinajstić information content (AvgIpc) is 2.40. The number of anilines is 1. The van der Waals surface area contributed by atoms with Crippen LogP contribution in [0.5, 0.6) is 0 Å². The molecule has 0 spiro atoms. The molecular formula is C15H21BrN2O3S. The van der Waals surface area contributed by atoms with E-state index in [0.717, 1.165) is 20.8 Å². The van der Waals surface area contributed by atoms with Crippen molar-refractivity contribution in [3.63, 3.8) is 0 Å². The summed E-state index contributed by atoms with van der Waals surface area (Å²) >= 11 is 5.08. The number of para-hydroxylation sites is 1. The minimum absolute atomic E-state index is 0.0131. The molecule has 7 heteroatoms. The Hall–Kier alpha value is -1.21. The fourth-order valence-corrected chi connectivity index (χ4v) is 3.22. The van der Waals surface area contributed by atoms with Gasteiger partial charge in [0.2, 0.25) is 0 Å². The Morgan fingerprint density at radius 3 is 2.64 bits per heavy atom. The van der Waals surface area contributed by atoms with Crippen LogP contribution in [0.1, 0.15) is 33.6 Å². The van der Waals surface area contributed by atoms with Crippen molar-refractivity contribution in [3.8, 4) is 0 Å². The lowest BCUT2D eigenvalue weighted by molar-refractivity contribution is -0.137. The lowest BCUT2D eigenvalue weighted by atomic mass is 9.99. The molecule has 1 rings (SSSR count). The lowest BCUT2D eigenvalue weighted by Crippen LogP contribution is -2.45. The number of carbonyl (C=O) groups excluding carboxylic acids is 1. The molecule has 0 radical (unpaired) electrons. The molecular weight excluding hydrogens is 368 g/mol. The van der Waals surface area contributed by atoms with Crippen LogP contribution in [0.4, 0.5) is 10.5 Å². The predicted octanol–water partition coefficient (Wildman–Crippen LogP) is 4.33. The van der Waals surface area contributed by atoms with E-state index in [9.17, 15) is 9.59 Å². The van der Waals surface area contributed by atoms with Gasteiger partial charge in [-0.3, -0.25) is 4.79 Å². The number of carbonyl (C=O) groups is 2. The maximum atomic E-state index is 12.2. The van der Waals surface area contributed by atoms with Crippen LogP contribution in [0.25, 0.3) is 0 Å². The number of urea groups is 1. The Morgan fingerprint density at radius 2 is 2.05 bits per heavy atom. The highest BCUT2D eigenvalue weighted by atomic mass is 79.9. The normalized spacial score (nSPS) is 11.1. The molecule has 0 heterocycles. The van der Waals surface area contributed by atoms with Crippen molar-refractivity contribution in [1.29, 1.82) is 0 Å². The van der Waals surface area contributed by atoms with Crippen LogP contribution in [0, 0.1) is 0 Å². The van der Waals surface area contributed by atoms with Gasteiger partial charge in [-0.1, -0.05) is 13.0 Å². The quantitative estimate of drug-likeness (QED) is 0.607. The third-order valence-electron chi connectivity index (χ3n) is 2.93. The number of halogens is 1. The summed E-state index contributed by atoms with van der Waals surface area (Å²) in [5, 5.41) is 14.4. The number of carboxylic acid groups (broad SMARTS) is 1. The summed E-state index contributed by atoms with van der Waals surface area (Å²) in [5.41, 5.74) is 0.128. The zero-order chi connectivity index (χ0) is 16.8. The molecule has 2 amide bonds. The van der Waals surface area contributed by atoms with E-state index in [1.165, 1.54) is 0 Å². The fourth-order valence-electron chi connectivity index (χ4n) is 1.84. The van der Waals surface area contributed by atoms with Crippen LogP contribution in [-0.4, -0.2) is 28.4 Å². The zero-order valence-corrected chi connectivity index (χ0v) is 15.3. The van der Waals surface area contributed by atoms with Crippen molar-refractivity contribution in [3.05, 3.63) is 22.7 Å². The maximum Gasteiger partial charge on any atom is 0.319 e. The second-order valence-corrected chi connectivity index (χ2v) is 7.56. The molecule has 22 heavy (non-hydrogen) atoms. The summed E-state index contributed by atoms with van der Waals surface area (Å²) in [6, 6.07) is 5.39. The smallest absolute Gasteiger partial charge is 0.319 e. The van der Waals surface area contributed by atoms with Crippen molar-refractivity contribution in [2.75, 3.05) is 11.1 Å². The summed E-state index contributed by atoms with van der Waals surface area (Å²) in [4.78, 5) is 23.8. The highest BCUT2D eigenvalue weighted by Gasteiger charge is 2.22. The van der Waals surface area contributed by atoms with E-state index in [4.69, 9.17) is 5.11 Å². The van der Waals surface area contributed by atoms with Crippen molar-refractivity contribution in [2.45, 2.75) is 44.0 Å².